The Kier molecular flexibility index (Phi) is 4.52. The van der Waals surface area contributed by atoms with Gasteiger partial charge in [-0.25, -0.2) is 4.39 Å². The highest BCUT2D eigenvalue weighted by atomic mass is 19.1. The molecule has 2 aromatic rings. The van der Waals surface area contributed by atoms with Gasteiger partial charge in [0.05, 0.1) is 19.4 Å². The molecule has 2 N–H and O–H groups in total. The standard InChI is InChI=1S/C15H19FN2O2/c1-18-9-12(8-17-18)6-7-15(10-19,11-20)13-4-2-3-5-14(13)16/h2-5,8-9,19-20H,6-7,10-11H2,1H3. The van der Waals surface area contributed by atoms with Gasteiger partial charge in [-0.05, 0) is 30.0 Å². The summed E-state index contributed by atoms with van der Waals surface area (Å²) in [6.07, 6.45) is 4.68. The van der Waals surface area contributed by atoms with Gasteiger partial charge in [0.1, 0.15) is 5.82 Å². The molecule has 0 aliphatic rings. The summed E-state index contributed by atoms with van der Waals surface area (Å²) in [7, 11) is 1.83. The van der Waals surface area contributed by atoms with Crippen LogP contribution in [0.2, 0.25) is 0 Å². The number of benzene rings is 1. The van der Waals surface area contributed by atoms with Crippen LogP contribution in [0.4, 0.5) is 4.39 Å². The summed E-state index contributed by atoms with van der Waals surface area (Å²) in [4.78, 5) is 0. The molecule has 108 valence electrons. The van der Waals surface area contributed by atoms with Crippen LogP contribution in [0, 0.1) is 5.82 Å². The Labute approximate surface area is 117 Å². The van der Waals surface area contributed by atoms with E-state index in [1.54, 1.807) is 29.1 Å². The second-order valence-corrected chi connectivity index (χ2v) is 5.10. The van der Waals surface area contributed by atoms with Crippen molar-refractivity contribution in [3.8, 4) is 0 Å². The van der Waals surface area contributed by atoms with Gasteiger partial charge in [-0.2, -0.15) is 5.10 Å². The molecule has 0 radical (unpaired) electrons. The van der Waals surface area contributed by atoms with Crippen LogP contribution >= 0.6 is 0 Å². The number of rotatable bonds is 6. The van der Waals surface area contributed by atoms with Crippen molar-refractivity contribution in [2.45, 2.75) is 18.3 Å². The molecule has 0 amide bonds. The lowest BCUT2D eigenvalue weighted by atomic mass is 9.77. The minimum absolute atomic E-state index is 0.301. The normalized spacial score (nSPS) is 11.8. The van der Waals surface area contributed by atoms with E-state index in [1.807, 2.05) is 13.2 Å². The van der Waals surface area contributed by atoms with Crippen LogP contribution in [-0.4, -0.2) is 33.2 Å². The van der Waals surface area contributed by atoms with Crippen molar-refractivity contribution in [2.24, 2.45) is 7.05 Å². The van der Waals surface area contributed by atoms with E-state index in [4.69, 9.17) is 0 Å². The van der Waals surface area contributed by atoms with E-state index in [0.717, 1.165) is 5.56 Å². The molecule has 0 aliphatic heterocycles. The van der Waals surface area contributed by atoms with Crippen molar-refractivity contribution in [3.05, 3.63) is 53.6 Å². The lowest BCUT2D eigenvalue weighted by Gasteiger charge is -2.30. The smallest absolute Gasteiger partial charge is 0.127 e. The number of aliphatic hydroxyl groups excluding tert-OH is 2. The van der Waals surface area contributed by atoms with E-state index in [1.165, 1.54) is 6.07 Å². The van der Waals surface area contributed by atoms with Crippen molar-refractivity contribution in [1.82, 2.24) is 9.78 Å². The molecule has 1 aromatic carbocycles. The monoisotopic (exact) mass is 278 g/mol. The zero-order valence-electron chi connectivity index (χ0n) is 11.5. The molecule has 0 aliphatic carbocycles. The lowest BCUT2D eigenvalue weighted by Crippen LogP contribution is -2.36. The number of nitrogens with zero attached hydrogens (tertiary/aromatic N) is 2. The van der Waals surface area contributed by atoms with Crippen LogP contribution < -0.4 is 0 Å². The molecule has 1 aromatic heterocycles. The average molecular weight is 278 g/mol. The van der Waals surface area contributed by atoms with Gasteiger partial charge in [0.2, 0.25) is 0 Å². The van der Waals surface area contributed by atoms with Gasteiger partial charge < -0.3 is 10.2 Å². The molecule has 2 rings (SSSR count). The van der Waals surface area contributed by atoms with Crippen LogP contribution in [0.15, 0.2) is 36.7 Å². The van der Waals surface area contributed by atoms with E-state index in [2.05, 4.69) is 5.10 Å². The van der Waals surface area contributed by atoms with Crippen LogP contribution in [0.5, 0.6) is 0 Å². The second-order valence-electron chi connectivity index (χ2n) is 5.10. The zero-order valence-corrected chi connectivity index (χ0v) is 11.5. The molecule has 0 unspecified atom stereocenters. The predicted molar refractivity (Wildman–Crippen MR) is 73.8 cm³/mol. The van der Waals surface area contributed by atoms with Gasteiger partial charge in [0.25, 0.3) is 0 Å². The summed E-state index contributed by atoms with van der Waals surface area (Å²) in [5.74, 6) is -0.401. The first-order valence-electron chi connectivity index (χ1n) is 6.55. The Morgan fingerprint density at radius 2 is 1.95 bits per heavy atom. The molecule has 0 saturated heterocycles. The topological polar surface area (TPSA) is 58.3 Å². The molecule has 0 bridgehead atoms. The summed E-state index contributed by atoms with van der Waals surface area (Å²) in [5.41, 5.74) is 0.380. The first-order valence-corrected chi connectivity index (χ1v) is 6.55. The highest BCUT2D eigenvalue weighted by Crippen LogP contribution is 2.30. The van der Waals surface area contributed by atoms with Crippen LogP contribution in [0.25, 0.3) is 0 Å². The van der Waals surface area contributed by atoms with Crippen LogP contribution in [-0.2, 0) is 18.9 Å². The first kappa shape index (κ1) is 14.7. The third-order valence-electron chi connectivity index (χ3n) is 3.70. The number of aliphatic hydroxyl groups is 2. The number of halogens is 1. The fourth-order valence-corrected chi connectivity index (χ4v) is 2.39. The van der Waals surface area contributed by atoms with E-state index in [-0.39, 0.29) is 13.2 Å². The van der Waals surface area contributed by atoms with Crippen LogP contribution in [0.1, 0.15) is 17.5 Å². The van der Waals surface area contributed by atoms with Crippen molar-refractivity contribution < 1.29 is 14.6 Å². The fourth-order valence-electron chi connectivity index (χ4n) is 2.39. The zero-order chi connectivity index (χ0) is 14.6. The Bertz CT molecular complexity index is 565. The third-order valence-corrected chi connectivity index (χ3v) is 3.70. The molecule has 0 saturated carbocycles. The van der Waals surface area contributed by atoms with E-state index in [0.29, 0.717) is 18.4 Å². The maximum absolute atomic E-state index is 13.9. The van der Waals surface area contributed by atoms with Gasteiger partial charge in [-0.3, -0.25) is 4.68 Å². The molecule has 0 spiro atoms. The minimum Gasteiger partial charge on any atom is -0.395 e. The molecule has 0 fully saturated rings. The fraction of sp³-hybridized carbons (Fsp3) is 0.400. The number of hydrogen-bond donors (Lipinski definition) is 2. The van der Waals surface area contributed by atoms with Crippen LogP contribution in [0.3, 0.4) is 0 Å². The summed E-state index contributed by atoms with van der Waals surface area (Å²) in [6.45, 7) is -0.602. The summed E-state index contributed by atoms with van der Waals surface area (Å²) >= 11 is 0. The second kappa shape index (κ2) is 6.15. The van der Waals surface area contributed by atoms with Gasteiger partial charge >= 0.3 is 0 Å². The lowest BCUT2D eigenvalue weighted by molar-refractivity contribution is 0.107. The Morgan fingerprint density at radius 3 is 2.50 bits per heavy atom. The Morgan fingerprint density at radius 1 is 1.25 bits per heavy atom. The summed E-state index contributed by atoms with van der Waals surface area (Å²) < 4.78 is 15.6. The predicted octanol–water partition coefficient (Wildman–Crippen LogP) is 1.41. The maximum Gasteiger partial charge on any atom is 0.127 e. The number of aryl methyl sites for hydroxylation is 2. The molecular weight excluding hydrogens is 259 g/mol. The molecule has 4 nitrogen and oxygen atoms in total. The molecule has 5 heteroatoms. The van der Waals surface area contributed by atoms with Crippen molar-refractivity contribution >= 4 is 0 Å². The average Bonchev–Trinajstić information content (AvgIpc) is 2.88. The van der Waals surface area contributed by atoms with E-state index in [9.17, 15) is 14.6 Å². The van der Waals surface area contributed by atoms with Gasteiger partial charge in [-0.15, -0.1) is 0 Å². The highest BCUT2D eigenvalue weighted by Gasteiger charge is 2.33. The molecule has 20 heavy (non-hydrogen) atoms. The molecular formula is C15H19FN2O2. The van der Waals surface area contributed by atoms with E-state index >= 15 is 0 Å². The van der Waals surface area contributed by atoms with Crippen molar-refractivity contribution in [1.29, 1.82) is 0 Å². The van der Waals surface area contributed by atoms with Crippen molar-refractivity contribution in [2.75, 3.05) is 13.2 Å². The Hall–Kier alpha value is -1.72. The highest BCUT2D eigenvalue weighted by molar-refractivity contribution is 5.28. The number of aromatic nitrogens is 2. The molecule has 0 atom stereocenters. The van der Waals surface area contributed by atoms with Crippen molar-refractivity contribution in [3.63, 3.8) is 0 Å². The van der Waals surface area contributed by atoms with E-state index < -0.39 is 11.2 Å². The SMILES string of the molecule is Cn1cc(CCC(CO)(CO)c2ccccc2F)cn1. The maximum atomic E-state index is 13.9. The minimum atomic E-state index is -0.971. The largest absolute Gasteiger partial charge is 0.395 e. The summed E-state index contributed by atoms with van der Waals surface area (Å²) in [6, 6.07) is 6.27. The third kappa shape index (κ3) is 2.89. The Balaban J connectivity index is 2.23. The first-order chi connectivity index (χ1) is 9.61. The molecule has 1 heterocycles. The number of hydrogen-bond acceptors (Lipinski definition) is 3. The van der Waals surface area contributed by atoms with Gasteiger partial charge in [0, 0.05) is 18.7 Å². The summed E-state index contributed by atoms with van der Waals surface area (Å²) in [5, 5.41) is 23.5. The quantitative estimate of drug-likeness (QED) is 0.840. The van der Waals surface area contributed by atoms with Gasteiger partial charge in [-0.1, -0.05) is 18.2 Å². The van der Waals surface area contributed by atoms with Gasteiger partial charge in [0.15, 0.2) is 0 Å².